The van der Waals surface area contributed by atoms with Gasteiger partial charge in [0.1, 0.15) is 17.2 Å². The highest BCUT2D eigenvalue weighted by Crippen LogP contribution is 2.26. The molecule has 10 nitrogen and oxygen atoms in total. The Morgan fingerprint density at radius 1 is 0.735 bits per heavy atom. The summed E-state index contributed by atoms with van der Waals surface area (Å²) in [7, 11) is 0.286. The summed E-state index contributed by atoms with van der Waals surface area (Å²) in [5, 5.41) is 0. The van der Waals surface area contributed by atoms with Crippen molar-refractivity contribution in [1.29, 1.82) is 0 Å². The van der Waals surface area contributed by atoms with E-state index in [0.717, 1.165) is 0 Å². The highest BCUT2D eigenvalue weighted by atomic mass is 32.2. The van der Waals surface area contributed by atoms with Crippen LogP contribution in [0.1, 0.15) is 20.7 Å². The molecule has 178 valence electrons. The number of nitrogens with one attached hydrogen (secondary N) is 3. The molecular weight excluding hydrogens is 462 g/mol. The highest BCUT2D eigenvalue weighted by Gasteiger charge is 2.19. The van der Waals surface area contributed by atoms with Crippen molar-refractivity contribution in [2.75, 3.05) is 26.1 Å². The largest absolute Gasteiger partial charge is 0.497 e. The van der Waals surface area contributed by atoms with Crippen molar-refractivity contribution in [3.8, 4) is 17.2 Å². The zero-order valence-corrected chi connectivity index (χ0v) is 19.4. The molecule has 0 aliphatic carbocycles. The molecule has 0 bridgehead atoms. The number of carbonyl (C=O) groups excluding carboxylic acids is 2. The Hall–Kier alpha value is -4.25. The minimum Gasteiger partial charge on any atom is -0.497 e. The van der Waals surface area contributed by atoms with Gasteiger partial charge in [-0.1, -0.05) is 18.2 Å². The van der Waals surface area contributed by atoms with E-state index in [1.807, 2.05) is 0 Å². The highest BCUT2D eigenvalue weighted by molar-refractivity contribution is 7.92. The minimum absolute atomic E-state index is 0.0184. The lowest BCUT2D eigenvalue weighted by Crippen LogP contribution is -2.41. The van der Waals surface area contributed by atoms with Gasteiger partial charge in [-0.2, -0.15) is 0 Å². The van der Waals surface area contributed by atoms with Gasteiger partial charge in [0.15, 0.2) is 0 Å². The zero-order chi connectivity index (χ0) is 24.7. The Morgan fingerprint density at radius 3 is 2.15 bits per heavy atom. The number of rotatable bonds is 8. The number of benzene rings is 3. The monoisotopic (exact) mass is 485 g/mol. The molecule has 0 aliphatic heterocycles. The first-order chi connectivity index (χ1) is 16.3. The molecule has 34 heavy (non-hydrogen) atoms. The van der Waals surface area contributed by atoms with E-state index in [2.05, 4.69) is 15.6 Å². The number of carbonyl (C=O) groups is 2. The van der Waals surface area contributed by atoms with Crippen molar-refractivity contribution >= 4 is 27.5 Å². The maximum Gasteiger partial charge on any atom is 0.273 e. The standard InChI is InChI=1S/C23H23N3O7S/c1-31-16-11-12-18(21(14-16)33-3)23(28)25-24-22(27)15-7-6-8-17(13-15)34(29,30)26-19-9-4-5-10-20(19)32-2/h4-14,26H,1-3H3,(H,24,27)(H,25,28). The number of hydrogen-bond acceptors (Lipinski definition) is 7. The molecule has 0 spiro atoms. The van der Waals surface area contributed by atoms with Crippen LogP contribution in [0.5, 0.6) is 17.2 Å². The lowest BCUT2D eigenvalue weighted by atomic mass is 10.2. The molecule has 0 unspecified atom stereocenters. The van der Waals surface area contributed by atoms with Crippen molar-refractivity contribution in [1.82, 2.24) is 10.9 Å². The van der Waals surface area contributed by atoms with Crippen LogP contribution >= 0.6 is 0 Å². The molecule has 3 aromatic carbocycles. The van der Waals surface area contributed by atoms with Crippen LogP contribution in [0, 0.1) is 0 Å². The van der Waals surface area contributed by atoms with Gasteiger partial charge in [0, 0.05) is 11.6 Å². The predicted octanol–water partition coefficient (Wildman–Crippen LogP) is 2.59. The summed E-state index contributed by atoms with van der Waals surface area (Å²) in [5.74, 6) is -0.250. The molecule has 0 fully saturated rings. The molecule has 3 N–H and O–H groups in total. The third kappa shape index (κ3) is 5.56. The number of anilines is 1. The topological polar surface area (TPSA) is 132 Å². The van der Waals surface area contributed by atoms with Crippen LogP contribution in [0.25, 0.3) is 0 Å². The molecule has 3 aromatic rings. The van der Waals surface area contributed by atoms with Crippen LogP contribution in [0.15, 0.2) is 71.6 Å². The SMILES string of the molecule is COc1ccc(C(=O)NNC(=O)c2cccc(S(=O)(=O)Nc3ccccc3OC)c2)c(OC)c1. The Morgan fingerprint density at radius 2 is 1.44 bits per heavy atom. The number of hydrogen-bond donors (Lipinski definition) is 3. The lowest BCUT2D eigenvalue weighted by molar-refractivity contribution is 0.0844. The van der Waals surface area contributed by atoms with Gasteiger partial charge in [0.2, 0.25) is 0 Å². The summed E-state index contributed by atoms with van der Waals surface area (Å²) in [6.45, 7) is 0. The maximum atomic E-state index is 12.8. The second-order valence-corrected chi connectivity index (χ2v) is 8.49. The second-order valence-electron chi connectivity index (χ2n) is 6.81. The lowest BCUT2D eigenvalue weighted by Gasteiger charge is -2.13. The number of hydrazine groups is 1. The van der Waals surface area contributed by atoms with Crippen molar-refractivity contribution in [3.63, 3.8) is 0 Å². The maximum absolute atomic E-state index is 12.8. The molecule has 0 radical (unpaired) electrons. The van der Waals surface area contributed by atoms with Crippen LogP contribution in [0.2, 0.25) is 0 Å². The quantitative estimate of drug-likeness (QED) is 0.418. The van der Waals surface area contributed by atoms with E-state index in [-0.39, 0.29) is 27.5 Å². The average molecular weight is 486 g/mol. The van der Waals surface area contributed by atoms with Gasteiger partial charge in [0.05, 0.1) is 37.5 Å². The van der Waals surface area contributed by atoms with Crippen LogP contribution < -0.4 is 29.8 Å². The van der Waals surface area contributed by atoms with E-state index in [4.69, 9.17) is 14.2 Å². The molecule has 0 heterocycles. The van der Waals surface area contributed by atoms with E-state index in [1.54, 1.807) is 30.3 Å². The van der Waals surface area contributed by atoms with Crippen LogP contribution in [0.3, 0.4) is 0 Å². The van der Waals surface area contributed by atoms with Crippen LogP contribution in [-0.2, 0) is 10.0 Å². The Kier molecular flexibility index (Phi) is 7.59. The summed E-state index contributed by atoms with van der Waals surface area (Å²) in [5.41, 5.74) is 4.98. The Bertz CT molecular complexity index is 1310. The molecule has 0 aliphatic rings. The molecule has 0 aromatic heterocycles. The summed E-state index contributed by atoms with van der Waals surface area (Å²) in [6.07, 6.45) is 0. The first kappa shape index (κ1) is 24.4. The summed E-state index contributed by atoms with van der Waals surface area (Å²) < 4.78 is 43.5. The molecule has 11 heteroatoms. The Labute approximate surface area is 196 Å². The number of amides is 2. The Balaban J connectivity index is 1.73. The van der Waals surface area contributed by atoms with Gasteiger partial charge in [-0.05, 0) is 42.5 Å². The van der Waals surface area contributed by atoms with Gasteiger partial charge in [-0.3, -0.25) is 25.2 Å². The van der Waals surface area contributed by atoms with Crippen molar-refractivity contribution < 1.29 is 32.2 Å². The van der Waals surface area contributed by atoms with Crippen LogP contribution in [-0.4, -0.2) is 41.6 Å². The van der Waals surface area contributed by atoms with Crippen molar-refractivity contribution in [2.45, 2.75) is 4.90 Å². The van der Waals surface area contributed by atoms with Gasteiger partial charge < -0.3 is 14.2 Å². The summed E-state index contributed by atoms with van der Waals surface area (Å²) in [4.78, 5) is 24.9. The van der Waals surface area contributed by atoms with Gasteiger partial charge in [-0.15, -0.1) is 0 Å². The molecule has 2 amide bonds. The summed E-state index contributed by atoms with van der Waals surface area (Å²) in [6, 6.07) is 16.5. The van der Waals surface area contributed by atoms with Gasteiger partial charge >= 0.3 is 0 Å². The van der Waals surface area contributed by atoms with Crippen molar-refractivity contribution in [2.24, 2.45) is 0 Å². The molecular formula is C23H23N3O7S. The summed E-state index contributed by atoms with van der Waals surface area (Å²) >= 11 is 0. The fourth-order valence-electron chi connectivity index (χ4n) is 2.98. The van der Waals surface area contributed by atoms with Gasteiger partial charge in [0.25, 0.3) is 21.8 Å². The normalized spacial score (nSPS) is 10.7. The van der Waals surface area contributed by atoms with E-state index < -0.39 is 21.8 Å². The van der Waals surface area contributed by atoms with Crippen molar-refractivity contribution in [3.05, 3.63) is 77.9 Å². The smallest absolute Gasteiger partial charge is 0.273 e. The number of ether oxygens (including phenoxy) is 3. The van der Waals surface area contributed by atoms with E-state index in [9.17, 15) is 18.0 Å². The van der Waals surface area contributed by atoms with E-state index in [1.165, 1.54) is 57.7 Å². The molecule has 0 atom stereocenters. The fourth-order valence-corrected chi connectivity index (χ4v) is 4.09. The third-order valence-corrected chi connectivity index (χ3v) is 6.06. The zero-order valence-electron chi connectivity index (χ0n) is 18.6. The third-order valence-electron chi connectivity index (χ3n) is 4.70. The predicted molar refractivity (Wildman–Crippen MR) is 125 cm³/mol. The van der Waals surface area contributed by atoms with E-state index in [0.29, 0.717) is 11.5 Å². The molecule has 0 saturated heterocycles. The fraction of sp³-hybridized carbons (Fsp3) is 0.130. The molecule has 3 rings (SSSR count). The first-order valence-electron chi connectivity index (χ1n) is 9.87. The van der Waals surface area contributed by atoms with E-state index >= 15 is 0 Å². The number of methoxy groups -OCH3 is 3. The molecule has 0 saturated carbocycles. The number of para-hydroxylation sites is 2. The minimum atomic E-state index is -4.02. The number of sulfonamides is 1. The van der Waals surface area contributed by atoms with Gasteiger partial charge in [-0.25, -0.2) is 8.42 Å². The van der Waals surface area contributed by atoms with Crippen LogP contribution in [0.4, 0.5) is 5.69 Å². The second kappa shape index (κ2) is 10.6. The average Bonchev–Trinajstić information content (AvgIpc) is 2.86. The first-order valence-corrected chi connectivity index (χ1v) is 11.4.